The summed E-state index contributed by atoms with van der Waals surface area (Å²) in [5, 5.41) is 12.4. The maximum absolute atomic E-state index is 8.85. The zero-order valence-electron chi connectivity index (χ0n) is 11.9. The molecule has 0 radical (unpaired) electrons. The highest BCUT2D eigenvalue weighted by Gasteiger charge is 2.12. The predicted molar refractivity (Wildman–Crippen MR) is 77.9 cm³/mol. The van der Waals surface area contributed by atoms with E-state index in [2.05, 4.69) is 30.4 Å². The van der Waals surface area contributed by atoms with Crippen molar-refractivity contribution < 1.29 is 9.84 Å². The van der Waals surface area contributed by atoms with Crippen LogP contribution in [-0.2, 0) is 11.3 Å². The maximum atomic E-state index is 8.85. The van der Waals surface area contributed by atoms with Crippen molar-refractivity contribution in [3.05, 3.63) is 35.4 Å². The third kappa shape index (κ3) is 5.70. The van der Waals surface area contributed by atoms with Crippen molar-refractivity contribution in [2.75, 3.05) is 20.3 Å². The molecule has 1 rings (SSSR count). The summed E-state index contributed by atoms with van der Waals surface area (Å²) in [5.74, 6) is 0. The van der Waals surface area contributed by atoms with Gasteiger partial charge in [-0.1, -0.05) is 24.3 Å². The first kappa shape index (κ1) is 16.1. The van der Waals surface area contributed by atoms with E-state index in [9.17, 15) is 0 Å². The largest absolute Gasteiger partial charge is 0.396 e. The molecular formula is C15H26N2O2. The molecule has 0 saturated carbocycles. The van der Waals surface area contributed by atoms with Crippen molar-refractivity contribution in [3.8, 4) is 0 Å². The van der Waals surface area contributed by atoms with E-state index in [0.29, 0.717) is 19.2 Å². The van der Waals surface area contributed by atoms with E-state index in [1.807, 2.05) is 6.07 Å². The molecule has 0 saturated heterocycles. The van der Waals surface area contributed by atoms with Gasteiger partial charge < -0.3 is 20.9 Å². The quantitative estimate of drug-likeness (QED) is 0.635. The fourth-order valence-electron chi connectivity index (χ4n) is 2.19. The van der Waals surface area contributed by atoms with Crippen LogP contribution in [0.2, 0.25) is 0 Å². The molecule has 0 fully saturated rings. The van der Waals surface area contributed by atoms with Gasteiger partial charge in [0.1, 0.15) is 0 Å². The summed E-state index contributed by atoms with van der Waals surface area (Å²) in [6.45, 7) is 3.53. The summed E-state index contributed by atoms with van der Waals surface area (Å²) in [5.41, 5.74) is 8.21. The highest BCUT2D eigenvalue weighted by molar-refractivity contribution is 5.26. The molecule has 19 heavy (non-hydrogen) atoms. The van der Waals surface area contributed by atoms with Crippen LogP contribution in [-0.4, -0.2) is 31.4 Å². The van der Waals surface area contributed by atoms with Gasteiger partial charge in [-0.05, 0) is 30.9 Å². The van der Waals surface area contributed by atoms with Crippen molar-refractivity contribution in [1.29, 1.82) is 0 Å². The summed E-state index contributed by atoms with van der Waals surface area (Å²) in [6, 6.07) is 8.79. The zero-order valence-corrected chi connectivity index (χ0v) is 11.9. The third-order valence-electron chi connectivity index (χ3n) is 3.18. The van der Waals surface area contributed by atoms with Gasteiger partial charge in [-0.2, -0.15) is 0 Å². The third-order valence-corrected chi connectivity index (χ3v) is 3.18. The Morgan fingerprint density at radius 3 is 2.84 bits per heavy atom. The summed E-state index contributed by atoms with van der Waals surface area (Å²) in [4.78, 5) is 0. The highest BCUT2D eigenvalue weighted by atomic mass is 16.5. The Hall–Kier alpha value is -0.940. The Kier molecular flexibility index (Phi) is 7.67. The van der Waals surface area contributed by atoms with Crippen LogP contribution in [0.25, 0.3) is 0 Å². The lowest BCUT2D eigenvalue weighted by Gasteiger charge is -2.23. The number of hydrogen-bond donors (Lipinski definition) is 3. The molecule has 2 atom stereocenters. The van der Waals surface area contributed by atoms with Crippen LogP contribution < -0.4 is 11.1 Å². The zero-order chi connectivity index (χ0) is 14.1. The minimum atomic E-state index is 0.144. The van der Waals surface area contributed by atoms with E-state index in [1.165, 1.54) is 5.56 Å². The minimum absolute atomic E-state index is 0.144. The monoisotopic (exact) mass is 266 g/mol. The Labute approximate surface area is 116 Å². The van der Waals surface area contributed by atoms with E-state index in [4.69, 9.17) is 15.6 Å². The van der Waals surface area contributed by atoms with Crippen molar-refractivity contribution in [1.82, 2.24) is 5.32 Å². The number of benzene rings is 1. The number of ether oxygens (including phenoxy) is 1. The summed E-state index contributed by atoms with van der Waals surface area (Å²) < 4.78 is 5.15. The van der Waals surface area contributed by atoms with Crippen molar-refractivity contribution in [2.45, 2.75) is 38.5 Å². The van der Waals surface area contributed by atoms with Crippen LogP contribution in [0.4, 0.5) is 0 Å². The van der Waals surface area contributed by atoms with Crippen LogP contribution in [0.15, 0.2) is 24.3 Å². The van der Waals surface area contributed by atoms with E-state index >= 15 is 0 Å². The van der Waals surface area contributed by atoms with Gasteiger partial charge in [-0.3, -0.25) is 0 Å². The van der Waals surface area contributed by atoms with Gasteiger partial charge in [-0.25, -0.2) is 0 Å². The molecule has 0 spiro atoms. The highest BCUT2D eigenvalue weighted by Crippen LogP contribution is 2.16. The van der Waals surface area contributed by atoms with Gasteiger partial charge in [0, 0.05) is 32.3 Å². The first-order valence-corrected chi connectivity index (χ1v) is 6.86. The molecule has 4 heteroatoms. The SMILES string of the molecule is COCc1cccc(C(CN)NC(C)CCCO)c1. The van der Waals surface area contributed by atoms with Crippen molar-refractivity contribution >= 4 is 0 Å². The summed E-state index contributed by atoms with van der Waals surface area (Å²) in [6.07, 6.45) is 1.76. The molecule has 0 aliphatic carbocycles. The fraction of sp³-hybridized carbons (Fsp3) is 0.600. The van der Waals surface area contributed by atoms with Gasteiger partial charge in [-0.15, -0.1) is 0 Å². The molecule has 4 nitrogen and oxygen atoms in total. The number of methoxy groups -OCH3 is 1. The van der Waals surface area contributed by atoms with Crippen LogP contribution >= 0.6 is 0 Å². The lowest BCUT2D eigenvalue weighted by Crippen LogP contribution is -2.35. The number of nitrogens with two attached hydrogens (primary N) is 1. The number of aliphatic hydroxyl groups is 1. The normalized spacial score (nSPS) is 14.3. The predicted octanol–water partition coefficient (Wildman–Crippen LogP) is 1.58. The molecule has 4 N–H and O–H groups in total. The first-order chi connectivity index (χ1) is 9.21. The molecule has 2 unspecified atom stereocenters. The molecule has 0 aliphatic rings. The maximum Gasteiger partial charge on any atom is 0.0713 e. The molecule has 0 aromatic heterocycles. The molecule has 1 aromatic rings. The summed E-state index contributed by atoms with van der Waals surface area (Å²) in [7, 11) is 1.70. The second-order valence-electron chi connectivity index (χ2n) is 4.90. The molecule has 0 heterocycles. The van der Waals surface area contributed by atoms with Gasteiger partial charge in [0.2, 0.25) is 0 Å². The Balaban J connectivity index is 2.65. The fourth-order valence-corrected chi connectivity index (χ4v) is 2.19. The van der Waals surface area contributed by atoms with E-state index < -0.39 is 0 Å². The van der Waals surface area contributed by atoms with Gasteiger partial charge in [0.25, 0.3) is 0 Å². The second-order valence-corrected chi connectivity index (χ2v) is 4.90. The van der Waals surface area contributed by atoms with Crippen molar-refractivity contribution in [2.24, 2.45) is 5.73 Å². The molecule has 1 aromatic carbocycles. The Morgan fingerprint density at radius 1 is 1.42 bits per heavy atom. The van der Waals surface area contributed by atoms with E-state index in [-0.39, 0.29) is 12.6 Å². The molecule has 0 amide bonds. The molecule has 108 valence electrons. The van der Waals surface area contributed by atoms with Gasteiger partial charge in [0.05, 0.1) is 6.61 Å². The summed E-state index contributed by atoms with van der Waals surface area (Å²) >= 11 is 0. The molecular weight excluding hydrogens is 240 g/mol. The Bertz CT molecular complexity index is 358. The van der Waals surface area contributed by atoms with E-state index in [1.54, 1.807) is 7.11 Å². The average Bonchev–Trinajstić information content (AvgIpc) is 2.43. The average molecular weight is 266 g/mol. The van der Waals surface area contributed by atoms with Gasteiger partial charge in [0.15, 0.2) is 0 Å². The second kappa shape index (κ2) is 9.04. The number of rotatable bonds is 9. The van der Waals surface area contributed by atoms with Gasteiger partial charge >= 0.3 is 0 Å². The first-order valence-electron chi connectivity index (χ1n) is 6.86. The van der Waals surface area contributed by atoms with Crippen LogP contribution in [0.1, 0.15) is 36.9 Å². The topological polar surface area (TPSA) is 67.5 Å². The minimum Gasteiger partial charge on any atom is -0.396 e. The number of hydrogen-bond acceptors (Lipinski definition) is 4. The standard InChI is InChI=1S/C15H26N2O2/c1-12(5-4-8-18)17-15(10-16)14-7-3-6-13(9-14)11-19-2/h3,6-7,9,12,15,17-18H,4-5,8,10-11,16H2,1-2H3. The van der Waals surface area contributed by atoms with Crippen LogP contribution in [0.3, 0.4) is 0 Å². The number of nitrogens with one attached hydrogen (secondary N) is 1. The lowest BCUT2D eigenvalue weighted by atomic mass is 10.0. The molecule has 0 bridgehead atoms. The Morgan fingerprint density at radius 2 is 2.21 bits per heavy atom. The van der Waals surface area contributed by atoms with Crippen molar-refractivity contribution in [3.63, 3.8) is 0 Å². The lowest BCUT2D eigenvalue weighted by molar-refractivity contribution is 0.185. The van der Waals surface area contributed by atoms with E-state index in [0.717, 1.165) is 18.4 Å². The molecule has 0 aliphatic heterocycles. The van der Waals surface area contributed by atoms with Crippen LogP contribution in [0.5, 0.6) is 0 Å². The number of aliphatic hydroxyl groups excluding tert-OH is 1. The van der Waals surface area contributed by atoms with Crippen LogP contribution in [0, 0.1) is 0 Å². The smallest absolute Gasteiger partial charge is 0.0713 e.